The minimum Gasteiger partial charge on any atom is -0.387 e. The Bertz CT molecular complexity index is 998. The molecule has 2 aromatic carbocycles. The molecule has 1 aliphatic rings. The summed E-state index contributed by atoms with van der Waals surface area (Å²) < 4.78 is 0. The molecule has 0 saturated carbocycles. The van der Waals surface area contributed by atoms with Crippen molar-refractivity contribution < 1.29 is 9.90 Å². The van der Waals surface area contributed by atoms with Crippen LogP contribution in [-0.2, 0) is 17.8 Å². The lowest BCUT2D eigenvalue weighted by Crippen LogP contribution is -2.43. The quantitative estimate of drug-likeness (QED) is 0.682. The van der Waals surface area contributed by atoms with Gasteiger partial charge in [0.2, 0.25) is 5.91 Å². The molecule has 0 fully saturated rings. The molecule has 4 rings (SSSR count). The highest BCUT2D eigenvalue weighted by atomic mass is 35.5. The minimum atomic E-state index is -0.486. The number of aliphatic hydroxyl groups excluding tert-OH is 1. The van der Waals surface area contributed by atoms with Gasteiger partial charge in [-0.15, -0.1) is 0 Å². The molecule has 134 valence electrons. The second kappa shape index (κ2) is 6.62. The normalized spacial score (nSPS) is 16.8. The third-order valence-corrected chi connectivity index (χ3v) is 5.85. The molecule has 0 saturated heterocycles. The Kier molecular flexibility index (Phi) is 4.43. The van der Waals surface area contributed by atoms with Crippen molar-refractivity contribution in [2.24, 2.45) is 0 Å². The van der Waals surface area contributed by atoms with E-state index >= 15 is 0 Å². The van der Waals surface area contributed by atoms with Crippen molar-refractivity contribution in [2.75, 3.05) is 6.61 Å². The number of carbonyl (C=O) groups is 1. The first-order chi connectivity index (χ1) is 12.5. The number of nitrogens with zero attached hydrogens (tertiary/aromatic N) is 1. The predicted molar refractivity (Wildman–Crippen MR) is 105 cm³/mol. The third-order valence-electron chi connectivity index (χ3n) is 5.06. The summed E-state index contributed by atoms with van der Waals surface area (Å²) in [6.45, 7) is 1.93. The Morgan fingerprint density at radius 1 is 1.31 bits per heavy atom. The molecule has 0 bridgehead atoms. The number of fused-ring (bicyclic) bond motifs is 3. The highest BCUT2D eigenvalue weighted by Crippen LogP contribution is 2.42. The fraction of sp³-hybridized carbons (Fsp3) is 0.250. The van der Waals surface area contributed by atoms with Crippen LogP contribution in [0.4, 0.5) is 0 Å². The van der Waals surface area contributed by atoms with E-state index in [4.69, 9.17) is 23.2 Å². The zero-order valence-electron chi connectivity index (χ0n) is 14.2. The lowest BCUT2D eigenvalue weighted by atomic mass is 9.94. The van der Waals surface area contributed by atoms with Crippen LogP contribution in [0.15, 0.2) is 36.4 Å². The largest absolute Gasteiger partial charge is 0.387 e. The molecular formula is C20H18Cl2N2O2. The summed E-state index contributed by atoms with van der Waals surface area (Å²) in [6, 6.07) is 11.9. The number of rotatable bonds is 2. The van der Waals surface area contributed by atoms with Gasteiger partial charge in [-0.2, -0.15) is 0 Å². The van der Waals surface area contributed by atoms with Crippen LogP contribution in [0.3, 0.4) is 0 Å². The second-order valence-electron chi connectivity index (χ2n) is 6.65. The van der Waals surface area contributed by atoms with Crippen LogP contribution < -0.4 is 0 Å². The summed E-state index contributed by atoms with van der Waals surface area (Å²) in [5, 5.41) is 11.3. The van der Waals surface area contributed by atoms with Gasteiger partial charge in [-0.05, 0) is 24.1 Å². The number of amides is 1. The number of carbonyl (C=O) groups excluding carboxylic acids is 1. The van der Waals surface area contributed by atoms with E-state index in [1.807, 2.05) is 43.3 Å². The van der Waals surface area contributed by atoms with Crippen molar-refractivity contribution in [1.29, 1.82) is 0 Å². The second-order valence-corrected chi connectivity index (χ2v) is 7.44. The molecule has 2 heterocycles. The molecule has 0 unspecified atom stereocenters. The van der Waals surface area contributed by atoms with Crippen LogP contribution in [0.2, 0.25) is 10.0 Å². The van der Waals surface area contributed by atoms with Crippen LogP contribution in [0, 0.1) is 0 Å². The van der Waals surface area contributed by atoms with Gasteiger partial charge in [0.1, 0.15) is 6.61 Å². The van der Waals surface area contributed by atoms with Crippen molar-refractivity contribution in [2.45, 2.75) is 25.9 Å². The van der Waals surface area contributed by atoms with Gasteiger partial charge in [0.15, 0.2) is 0 Å². The molecule has 1 amide bonds. The molecule has 0 spiro atoms. The number of hydrogen-bond donors (Lipinski definition) is 2. The molecule has 26 heavy (non-hydrogen) atoms. The Balaban J connectivity index is 1.98. The zero-order valence-corrected chi connectivity index (χ0v) is 15.7. The van der Waals surface area contributed by atoms with Crippen molar-refractivity contribution >= 4 is 40.0 Å². The number of hydrogen-bond acceptors (Lipinski definition) is 2. The summed E-state index contributed by atoms with van der Waals surface area (Å²) in [7, 11) is 0. The topological polar surface area (TPSA) is 56.3 Å². The molecule has 4 nitrogen and oxygen atoms in total. The van der Waals surface area contributed by atoms with E-state index in [0.717, 1.165) is 33.3 Å². The number of aliphatic hydroxyl groups is 1. The number of H-pyrrole nitrogens is 1. The summed E-state index contributed by atoms with van der Waals surface area (Å²) >= 11 is 12.9. The van der Waals surface area contributed by atoms with Gasteiger partial charge < -0.3 is 15.0 Å². The Morgan fingerprint density at radius 3 is 2.73 bits per heavy atom. The first-order valence-corrected chi connectivity index (χ1v) is 9.24. The number of aromatic amines is 1. The number of aromatic nitrogens is 1. The summed E-state index contributed by atoms with van der Waals surface area (Å²) in [5.74, 6) is -0.265. The van der Waals surface area contributed by atoms with Crippen LogP contribution >= 0.6 is 23.2 Å². The smallest absolute Gasteiger partial charge is 0.248 e. The summed E-state index contributed by atoms with van der Waals surface area (Å²) in [5.41, 5.74) is 4.93. The molecule has 2 N–H and O–H groups in total. The molecule has 0 radical (unpaired) electrons. The van der Waals surface area contributed by atoms with E-state index in [1.54, 1.807) is 4.90 Å². The monoisotopic (exact) mass is 388 g/mol. The maximum atomic E-state index is 12.1. The van der Waals surface area contributed by atoms with Crippen molar-refractivity contribution in [3.63, 3.8) is 0 Å². The fourth-order valence-electron chi connectivity index (χ4n) is 3.78. The first-order valence-electron chi connectivity index (χ1n) is 8.48. The van der Waals surface area contributed by atoms with Crippen molar-refractivity contribution in [3.8, 4) is 11.1 Å². The average Bonchev–Trinajstić information content (AvgIpc) is 3.02. The van der Waals surface area contributed by atoms with E-state index in [9.17, 15) is 9.90 Å². The van der Waals surface area contributed by atoms with E-state index in [1.165, 1.54) is 0 Å². The van der Waals surface area contributed by atoms with E-state index in [0.29, 0.717) is 23.0 Å². The number of benzene rings is 2. The Labute approximate surface area is 161 Å². The van der Waals surface area contributed by atoms with Gasteiger partial charge >= 0.3 is 0 Å². The lowest BCUT2D eigenvalue weighted by molar-refractivity contribution is -0.137. The van der Waals surface area contributed by atoms with Gasteiger partial charge in [-0.1, -0.05) is 53.5 Å². The van der Waals surface area contributed by atoms with Gasteiger partial charge in [0.05, 0.1) is 15.6 Å². The van der Waals surface area contributed by atoms with Gasteiger partial charge in [-0.3, -0.25) is 4.79 Å². The lowest BCUT2D eigenvalue weighted by Gasteiger charge is -2.33. The van der Waals surface area contributed by atoms with Crippen LogP contribution in [0.1, 0.15) is 18.2 Å². The van der Waals surface area contributed by atoms with E-state index < -0.39 is 6.61 Å². The van der Waals surface area contributed by atoms with Crippen LogP contribution in [-0.4, -0.2) is 33.5 Å². The highest BCUT2D eigenvalue weighted by molar-refractivity contribution is 6.45. The highest BCUT2D eigenvalue weighted by Gasteiger charge is 2.30. The summed E-state index contributed by atoms with van der Waals surface area (Å²) in [6.07, 6.45) is 0.679. The minimum absolute atomic E-state index is 0.00429. The molecule has 6 heteroatoms. The number of nitrogens with one attached hydrogen (secondary N) is 1. The van der Waals surface area contributed by atoms with Crippen molar-refractivity contribution in [3.05, 3.63) is 57.7 Å². The SMILES string of the molecule is C[C@@H]1Cc2[nH]c3c(Cl)c(Cl)cc(-c4ccccc4)c3c2CN1C(=O)CO. The van der Waals surface area contributed by atoms with E-state index in [-0.39, 0.29) is 11.9 Å². The summed E-state index contributed by atoms with van der Waals surface area (Å²) in [4.78, 5) is 17.3. The molecule has 0 aliphatic carbocycles. The molecule has 3 aromatic rings. The zero-order chi connectivity index (χ0) is 18.4. The van der Waals surface area contributed by atoms with E-state index in [2.05, 4.69) is 4.98 Å². The van der Waals surface area contributed by atoms with Crippen molar-refractivity contribution in [1.82, 2.24) is 9.88 Å². The van der Waals surface area contributed by atoms with Gasteiger partial charge in [-0.25, -0.2) is 0 Å². The Morgan fingerprint density at radius 2 is 2.04 bits per heavy atom. The number of halogens is 2. The maximum absolute atomic E-state index is 12.1. The standard InChI is InChI=1S/C20H18Cl2N2O2/c1-11-7-16-14(9-24(11)17(26)10-25)18-13(12-5-3-2-4-6-12)8-15(21)19(22)20(18)23-16/h2-6,8,11,23,25H,7,9-10H2,1H3/t11-/m1/s1. The molecule has 1 atom stereocenters. The van der Waals surface area contributed by atoms with Gasteiger partial charge in [0.25, 0.3) is 0 Å². The Hall–Kier alpha value is -2.01. The van der Waals surface area contributed by atoms with Crippen LogP contribution in [0.25, 0.3) is 22.0 Å². The average molecular weight is 389 g/mol. The third kappa shape index (κ3) is 2.69. The first kappa shape index (κ1) is 17.4. The van der Waals surface area contributed by atoms with Gasteiger partial charge in [0, 0.05) is 35.7 Å². The molecular weight excluding hydrogens is 371 g/mol. The molecule has 1 aliphatic heterocycles. The fourth-order valence-corrected chi connectivity index (χ4v) is 4.18. The molecule has 1 aromatic heterocycles. The predicted octanol–water partition coefficient (Wildman–Crippen LogP) is 4.41. The maximum Gasteiger partial charge on any atom is 0.248 e. The van der Waals surface area contributed by atoms with Crippen LogP contribution in [0.5, 0.6) is 0 Å².